The van der Waals surface area contributed by atoms with Gasteiger partial charge in [0.1, 0.15) is 24.4 Å². The van der Waals surface area contributed by atoms with Gasteiger partial charge in [-0.25, -0.2) is 0 Å². The topological polar surface area (TPSA) is 149 Å². The van der Waals surface area contributed by atoms with Gasteiger partial charge in [0.05, 0.1) is 25.4 Å². The molecule has 1 fully saturated rings. The molecule has 9 heteroatoms. The number of aliphatic hydroxyl groups is 5. The summed E-state index contributed by atoms with van der Waals surface area (Å²) in [6, 6.07) is -0.711. The van der Waals surface area contributed by atoms with Gasteiger partial charge in [-0.15, -0.1) is 0 Å². The first-order chi connectivity index (χ1) is 28.3. The van der Waals surface area contributed by atoms with Crippen LogP contribution >= 0.6 is 0 Å². The second-order valence-corrected chi connectivity index (χ2v) is 18.0. The third-order valence-corrected chi connectivity index (χ3v) is 12.5. The molecule has 6 N–H and O–H groups in total. The first kappa shape index (κ1) is 55.2. The minimum Gasteiger partial charge on any atom is -0.394 e. The molecule has 1 amide bonds. The summed E-state index contributed by atoms with van der Waals surface area (Å²) < 4.78 is 11.3. The number of ether oxygens (including phenoxy) is 2. The summed E-state index contributed by atoms with van der Waals surface area (Å²) in [5.74, 6) is -0.140. The van der Waals surface area contributed by atoms with Crippen LogP contribution in [0.5, 0.6) is 0 Å². The zero-order chi connectivity index (χ0) is 42.3. The molecule has 0 aromatic heterocycles. The zero-order valence-electron chi connectivity index (χ0n) is 38.1. The standard InChI is InChI=1S/C49H97NO8/c1-3-5-7-9-11-13-15-16-17-18-19-20-21-22-23-24-25-26-27-28-29-31-33-35-37-39-45(53)50-42(41-57-49-48(56)47(55)46(54)44(40-51)58-49)43(52)38-36-34-32-30-14-12-10-8-6-4-2/h42-44,46-49,51-52,54-56H,3-41H2,1-2H3,(H,50,53)/t42-,43+,44+,46-,47?,48?,49+/m0/s1. The Morgan fingerprint density at radius 2 is 0.862 bits per heavy atom. The first-order valence-corrected chi connectivity index (χ1v) is 25.2. The zero-order valence-corrected chi connectivity index (χ0v) is 38.1. The number of hydrogen-bond donors (Lipinski definition) is 6. The van der Waals surface area contributed by atoms with Crippen LogP contribution in [-0.4, -0.2) is 87.5 Å². The molecule has 0 saturated carbocycles. The highest BCUT2D eigenvalue weighted by molar-refractivity contribution is 5.76. The molecular formula is C49H97NO8. The lowest BCUT2D eigenvalue weighted by molar-refractivity contribution is -0.302. The second kappa shape index (κ2) is 40.3. The Labute approximate surface area is 357 Å². The lowest BCUT2D eigenvalue weighted by atomic mass is 9.99. The molecule has 0 bridgehead atoms. The van der Waals surface area contributed by atoms with Crippen molar-refractivity contribution in [1.82, 2.24) is 5.32 Å². The van der Waals surface area contributed by atoms with Crippen molar-refractivity contribution in [2.24, 2.45) is 0 Å². The van der Waals surface area contributed by atoms with E-state index in [1.165, 1.54) is 186 Å². The predicted octanol–water partition coefficient (Wildman–Crippen LogP) is 11.1. The lowest BCUT2D eigenvalue weighted by Gasteiger charge is -2.40. The van der Waals surface area contributed by atoms with E-state index in [1.54, 1.807) is 0 Å². The molecule has 1 aliphatic heterocycles. The summed E-state index contributed by atoms with van der Waals surface area (Å²) >= 11 is 0. The highest BCUT2D eigenvalue weighted by atomic mass is 16.7. The molecule has 0 aliphatic carbocycles. The number of nitrogens with one attached hydrogen (secondary N) is 1. The Hall–Kier alpha value is -0.810. The average Bonchev–Trinajstić information content (AvgIpc) is 3.22. The van der Waals surface area contributed by atoms with E-state index in [-0.39, 0.29) is 12.5 Å². The van der Waals surface area contributed by atoms with Gasteiger partial charge < -0.3 is 40.3 Å². The van der Waals surface area contributed by atoms with Gasteiger partial charge in [-0.3, -0.25) is 4.79 Å². The summed E-state index contributed by atoms with van der Waals surface area (Å²) in [6.07, 6.45) is 38.5. The molecule has 58 heavy (non-hydrogen) atoms. The minimum absolute atomic E-state index is 0.132. The van der Waals surface area contributed by atoms with E-state index < -0.39 is 49.5 Å². The van der Waals surface area contributed by atoms with Crippen LogP contribution in [-0.2, 0) is 14.3 Å². The molecular weight excluding hydrogens is 731 g/mol. The van der Waals surface area contributed by atoms with Crippen molar-refractivity contribution in [2.75, 3.05) is 13.2 Å². The molecule has 1 rings (SSSR count). The Kier molecular flexibility index (Phi) is 38.3. The van der Waals surface area contributed by atoms with E-state index in [0.717, 1.165) is 38.5 Å². The van der Waals surface area contributed by atoms with E-state index in [4.69, 9.17) is 9.47 Å². The SMILES string of the molecule is CCCCCCCCCCCCCCCCCCCCCCCCCCCC(=O)N[C@@H](CO[C@@H]1O[C@H](CO)[C@H](O)C(O)C1O)[C@H](O)CCCCCCCCCCCC. The van der Waals surface area contributed by atoms with Crippen molar-refractivity contribution < 1.29 is 39.8 Å². The highest BCUT2D eigenvalue weighted by Crippen LogP contribution is 2.23. The van der Waals surface area contributed by atoms with E-state index in [9.17, 15) is 30.3 Å². The minimum atomic E-state index is -1.55. The first-order valence-electron chi connectivity index (χ1n) is 25.2. The van der Waals surface area contributed by atoms with Crippen molar-refractivity contribution in [2.45, 2.75) is 294 Å². The summed E-state index contributed by atoms with van der Waals surface area (Å²) in [7, 11) is 0. The summed E-state index contributed by atoms with van der Waals surface area (Å²) in [4.78, 5) is 13.0. The van der Waals surface area contributed by atoms with Gasteiger partial charge in [0.15, 0.2) is 6.29 Å². The number of carbonyl (C=O) groups excluding carboxylic acids is 1. The normalized spacial score (nSPS) is 20.7. The summed E-state index contributed by atoms with van der Waals surface area (Å²) in [5, 5.41) is 54.3. The summed E-state index contributed by atoms with van der Waals surface area (Å²) in [6.45, 7) is 3.84. The van der Waals surface area contributed by atoms with Gasteiger partial charge in [0.25, 0.3) is 0 Å². The Morgan fingerprint density at radius 1 is 0.517 bits per heavy atom. The maximum absolute atomic E-state index is 13.0. The largest absolute Gasteiger partial charge is 0.394 e. The van der Waals surface area contributed by atoms with E-state index in [1.807, 2.05) is 0 Å². The molecule has 346 valence electrons. The number of rotatable bonds is 43. The van der Waals surface area contributed by atoms with Crippen LogP contribution in [0.4, 0.5) is 0 Å². The van der Waals surface area contributed by atoms with Crippen molar-refractivity contribution in [3.63, 3.8) is 0 Å². The van der Waals surface area contributed by atoms with Crippen molar-refractivity contribution in [3.8, 4) is 0 Å². The smallest absolute Gasteiger partial charge is 0.220 e. The highest BCUT2D eigenvalue weighted by Gasteiger charge is 2.44. The van der Waals surface area contributed by atoms with Crippen molar-refractivity contribution in [1.29, 1.82) is 0 Å². The second-order valence-electron chi connectivity index (χ2n) is 18.0. The molecule has 0 spiro atoms. The fraction of sp³-hybridized carbons (Fsp3) is 0.980. The van der Waals surface area contributed by atoms with Gasteiger partial charge in [0, 0.05) is 6.42 Å². The molecule has 2 unspecified atom stereocenters. The van der Waals surface area contributed by atoms with Crippen LogP contribution in [0.3, 0.4) is 0 Å². The Bertz CT molecular complexity index is 878. The third-order valence-electron chi connectivity index (χ3n) is 12.5. The molecule has 7 atom stereocenters. The van der Waals surface area contributed by atoms with Crippen LogP contribution in [0.15, 0.2) is 0 Å². The van der Waals surface area contributed by atoms with Crippen molar-refractivity contribution >= 4 is 5.91 Å². The van der Waals surface area contributed by atoms with E-state index >= 15 is 0 Å². The fourth-order valence-electron chi connectivity index (χ4n) is 8.40. The van der Waals surface area contributed by atoms with Gasteiger partial charge >= 0.3 is 0 Å². The van der Waals surface area contributed by atoms with Crippen molar-refractivity contribution in [3.05, 3.63) is 0 Å². The fourth-order valence-corrected chi connectivity index (χ4v) is 8.40. The Morgan fingerprint density at radius 3 is 1.22 bits per heavy atom. The van der Waals surface area contributed by atoms with E-state index in [2.05, 4.69) is 19.2 Å². The Balaban J connectivity index is 2.16. The quantitative estimate of drug-likeness (QED) is 0.0333. The molecule has 1 heterocycles. The lowest BCUT2D eigenvalue weighted by Crippen LogP contribution is -2.60. The van der Waals surface area contributed by atoms with Crippen LogP contribution in [0.25, 0.3) is 0 Å². The maximum Gasteiger partial charge on any atom is 0.220 e. The van der Waals surface area contributed by atoms with Crippen LogP contribution in [0, 0.1) is 0 Å². The molecule has 1 aliphatic rings. The van der Waals surface area contributed by atoms with Crippen LogP contribution in [0.1, 0.15) is 251 Å². The molecule has 0 aromatic rings. The molecule has 0 aromatic carbocycles. The maximum atomic E-state index is 13.0. The molecule has 0 radical (unpaired) electrons. The molecule has 9 nitrogen and oxygen atoms in total. The van der Waals surface area contributed by atoms with Gasteiger partial charge in [-0.1, -0.05) is 232 Å². The predicted molar refractivity (Wildman–Crippen MR) is 240 cm³/mol. The van der Waals surface area contributed by atoms with Gasteiger partial charge in [0.2, 0.25) is 5.91 Å². The third kappa shape index (κ3) is 30.3. The number of aliphatic hydroxyl groups excluding tert-OH is 5. The summed E-state index contributed by atoms with van der Waals surface area (Å²) in [5.41, 5.74) is 0. The van der Waals surface area contributed by atoms with E-state index in [0.29, 0.717) is 12.8 Å². The van der Waals surface area contributed by atoms with Crippen LogP contribution < -0.4 is 5.32 Å². The van der Waals surface area contributed by atoms with Gasteiger partial charge in [-0.2, -0.15) is 0 Å². The monoisotopic (exact) mass is 828 g/mol. The van der Waals surface area contributed by atoms with Gasteiger partial charge in [-0.05, 0) is 12.8 Å². The molecule has 1 saturated heterocycles. The number of hydrogen-bond acceptors (Lipinski definition) is 8. The number of amides is 1. The average molecular weight is 828 g/mol. The number of unbranched alkanes of at least 4 members (excludes halogenated alkanes) is 33. The number of carbonyl (C=O) groups is 1. The van der Waals surface area contributed by atoms with Crippen LogP contribution in [0.2, 0.25) is 0 Å².